The number of amides is 2. The van der Waals surface area contributed by atoms with Crippen molar-refractivity contribution < 1.29 is 9.90 Å². The molecule has 5 heteroatoms. The third kappa shape index (κ3) is 3.83. The van der Waals surface area contributed by atoms with Gasteiger partial charge in [-0.3, -0.25) is 0 Å². The molecule has 0 saturated heterocycles. The van der Waals surface area contributed by atoms with E-state index in [1.165, 1.54) is 0 Å². The lowest BCUT2D eigenvalue weighted by atomic mass is 9.97. The second-order valence-corrected chi connectivity index (χ2v) is 5.30. The molecular formula is C10H17BrN2O2. The van der Waals surface area contributed by atoms with Gasteiger partial charge in [-0.2, -0.15) is 0 Å². The molecule has 1 aliphatic carbocycles. The van der Waals surface area contributed by atoms with E-state index in [0.717, 1.165) is 17.3 Å². The molecule has 0 aliphatic heterocycles. The zero-order valence-electron chi connectivity index (χ0n) is 8.85. The predicted molar refractivity (Wildman–Crippen MR) is 62.8 cm³/mol. The SMILES string of the molecule is C=C(Br)CNC(=O)N[C@@](C)(CO)C1CC1. The Kier molecular flexibility index (Phi) is 4.16. The summed E-state index contributed by atoms with van der Waals surface area (Å²) in [4.78, 5) is 11.5. The van der Waals surface area contributed by atoms with Crippen LogP contribution < -0.4 is 10.6 Å². The van der Waals surface area contributed by atoms with Gasteiger partial charge in [0.2, 0.25) is 0 Å². The molecule has 0 aromatic rings. The van der Waals surface area contributed by atoms with Gasteiger partial charge in [0.25, 0.3) is 0 Å². The standard InChI is InChI=1S/C10H17BrN2O2/c1-7(11)5-12-9(15)13-10(2,6-14)8-3-4-8/h8,14H,1,3-6H2,2H3,(H2,12,13,15)/t10-/m0/s1. The van der Waals surface area contributed by atoms with Crippen LogP contribution in [0.2, 0.25) is 0 Å². The zero-order valence-corrected chi connectivity index (χ0v) is 10.4. The fourth-order valence-corrected chi connectivity index (χ4v) is 1.61. The van der Waals surface area contributed by atoms with Gasteiger partial charge in [-0.1, -0.05) is 22.5 Å². The Balaban J connectivity index is 2.37. The van der Waals surface area contributed by atoms with Crippen molar-refractivity contribution in [3.8, 4) is 0 Å². The Hall–Kier alpha value is -0.550. The van der Waals surface area contributed by atoms with E-state index in [-0.39, 0.29) is 12.6 Å². The zero-order chi connectivity index (χ0) is 11.5. The number of carbonyl (C=O) groups excluding carboxylic acids is 1. The van der Waals surface area contributed by atoms with Crippen LogP contribution in [0.4, 0.5) is 4.79 Å². The summed E-state index contributed by atoms with van der Waals surface area (Å²) in [5.74, 6) is 0.403. The summed E-state index contributed by atoms with van der Waals surface area (Å²) < 4.78 is 0.717. The molecule has 0 unspecified atom stereocenters. The number of hydrogen-bond acceptors (Lipinski definition) is 2. The third-order valence-electron chi connectivity index (χ3n) is 2.65. The summed E-state index contributed by atoms with van der Waals surface area (Å²) in [6.07, 6.45) is 2.14. The molecule has 86 valence electrons. The Morgan fingerprint density at radius 3 is 2.67 bits per heavy atom. The van der Waals surface area contributed by atoms with Crippen molar-refractivity contribution in [3.05, 3.63) is 11.1 Å². The van der Waals surface area contributed by atoms with Crippen molar-refractivity contribution in [1.29, 1.82) is 0 Å². The van der Waals surface area contributed by atoms with E-state index in [2.05, 4.69) is 33.1 Å². The second-order valence-electron chi connectivity index (χ2n) is 4.17. The maximum absolute atomic E-state index is 11.5. The highest BCUT2D eigenvalue weighted by Gasteiger charge is 2.42. The third-order valence-corrected chi connectivity index (χ3v) is 2.93. The summed E-state index contributed by atoms with van der Waals surface area (Å²) in [7, 11) is 0. The van der Waals surface area contributed by atoms with E-state index < -0.39 is 5.54 Å². The first-order valence-corrected chi connectivity index (χ1v) is 5.77. The number of halogens is 1. The van der Waals surface area contributed by atoms with Crippen LogP contribution in [-0.4, -0.2) is 29.8 Å². The highest BCUT2D eigenvalue weighted by molar-refractivity contribution is 9.11. The Labute approximate surface area is 98.3 Å². The lowest BCUT2D eigenvalue weighted by Gasteiger charge is -2.28. The molecule has 1 aliphatic rings. The first-order valence-electron chi connectivity index (χ1n) is 4.98. The van der Waals surface area contributed by atoms with Gasteiger partial charge in [0.05, 0.1) is 18.7 Å². The monoisotopic (exact) mass is 276 g/mol. The molecular weight excluding hydrogens is 260 g/mol. The minimum absolute atomic E-state index is 0.0274. The van der Waals surface area contributed by atoms with Crippen LogP contribution in [0.3, 0.4) is 0 Å². The molecule has 3 N–H and O–H groups in total. The number of aliphatic hydroxyl groups excluding tert-OH is 1. The van der Waals surface area contributed by atoms with Crippen LogP contribution >= 0.6 is 15.9 Å². The van der Waals surface area contributed by atoms with E-state index in [1.807, 2.05) is 6.92 Å². The number of hydrogen-bond donors (Lipinski definition) is 3. The van der Waals surface area contributed by atoms with Crippen LogP contribution in [-0.2, 0) is 0 Å². The summed E-state index contributed by atoms with van der Waals surface area (Å²) in [6, 6.07) is -0.265. The molecule has 1 atom stereocenters. The minimum atomic E-state index is -0.488. The predicted octanol–water partition coefficient (Wildman–Crippen LogP) is 1.36. The van der Waals surface area contributed by atoms with Crippen LogP contribution in [0.5, 0.6) is 0 Å². The normalized spacial score (nSPS) is 19.1. The van der Waals surface area contributed by atoms with Gasteiger partial charge in [0.1, 0.15) is 0 Å². The molecule has 0 bridgehead atoms. The second kappa shape index (κ2) is 4.99. The Bertz CT molecular complexity index is 266. The van der Waals surface area contributed by atoms with E-state index >= 15 is 0 Å². The van der Waals surface area contributed by atoms with Crippen LogP contribution in [0.1, 0.15) is 19.8 Å². The first kappa shape index (κ1) is 12.5. The lowest BCUT2D eigenvalue weighted by molar-refractivity contribution is 0.155. The molecule has 1 saturated carbocycles. The average Bonchev–Trinajstić information content (AvgIpc) is 2.97. The van der Waals surface area contributed by atoms with Crippen molar-refractivity contribution in [1.82, 2.24) is 10.6 Å². The number of urea groups is 1. The average molecular weight is 277 g/mol. The summed E-state index contributed by atoms with van der Waals surface area (Å²) in [6.45, 7) is 5.84. The molecule has 4 nitrogen and oxygen atoms in total. The number of aliphatic hydroxyl groups is 1. The fraction of sp³-hybridized carbons (Fsp3) is 0.700. The van der Waals surface area contributed by atoms with Gasteiger partial charge in [0.15, 0.2) is 0 Å². The molecule has 0 spiro atoms. The van der Waals surface area contributed by atoms with Crippen LogP contribution in [0.15, 0.2) is 11.1 Å². The summed E-state index contributed by atoms with van der Waals surface area (Å²) in [5, 5.41) is 14.7. The van der Waals surface area contributed by atoms with Crippen molar-refractivity contribution in [3.63, 3.8) is 0 Å². The van der Waals surface area contributed by atoms with Crippen LogP contribution in [0.25, 0.3) is 0 Å². The van der Waals surface area contributed by atoms with Crippen molar-refractivity contribution in [2.24, 2.45) is 5.92 Å². The molecule has 0 aromatic carbocycles. The van der Waals surface area contributed by atoms with Gasteiger partial charge in [-0.05, 0) is 25.7 Å². The van der Waals surface area contributed by atoms with Gasteiger partial charge >= 0.3 is 6.03 Å². The van der Waals surface area contributed by atoms with Crippen molar-refractivity contribution >= 4 is 22.0 Å². The number of carbonyl (C=O) groups is 1. The molecule has 0 radical (unpaired) electrons. The van der Waals surface area contributed by atoms with Gasteiger partial charge < -0.3 is 15.7 Å². The summed E-state index contributed by atoms with van der Waals surface area (Å²) in [5.41, 5.74) is -0.488. The van der Waals surface area contributed by atoms with Gasteiger partial charge in [-0.25, -0.2) is 4.79 Å². The molecule has 2 amide bonds. The molecule has 0 aromatic heterocycles. The van der Waals surface area contributed by atoms with Crippen LogP contribution in [0, 0.1) is 5.92 Å². The highest BCUT2D eigenvalue weighted by atomic mass is 79.9. The fourth-order valence-electron chi connectivity index (χ4n) is 1.47. The smallest absolute Gasteiger partial charge is 0.315 e. The first-order chi connectivity index (χ1) is 6.98. The topological polar surface area (TPSA) is 61.4 Å². The van der Waals surface area contributed by atoms with E-state index in [9.17, 15) is 9.90 Å². The summed E-state index contributed by atoms with van der Waals surface area (Å²) >= 11 is 3.15. The van der Waals surface area contributed by atoms with E-state index in [1.54, 1.807) is 0 Å². The number of rotatable bonds is 5. The quantitative estimate of drug-likeness (QED) is 0.710. The largest absolute Gasteiger partial charge is 0.394 e. The number of nitrogens with one attached hydrogen (secondary N) is 2. The molecule has 15 heavy (non-hydrogen) atoms. The van der Waals surface area contributed by atoms with E-state index in [0.29, 0.717) is 12.5 Å². The molecule has 1 rings (SSSR count). The van der Waals surface area contributed by atoms with E-state index in [4.69, 9.17) is 0 Å². The molecule has 0 heterocycles. The van der Waals surface area contributed by atoms with Gasteiger partial charge in [-0.15, -0.1) is 0 Å². The van der Waals surface area contributed by atoms with Crippen molar-refractivity contribution in [2.45, 2.75) is 25.3 Å². The molecule has 1 fully saturated rings. The highest BCUT2D eigenvalue weighted by Crippen LogP contribution is 2.39. The Morgan fingerprint density at radius 1 is 1.67 bits per heavy atom. The maximum atomic E-state index is 11.5. The lowest BCUT2D eigenvalue weighted by Crippen LogP contribution is -2.54. The Morgan fingerprint density at radius 2 is 2.27 bits per heavy atom. The van der Waals surface area contributed by atoms with Crippen molar-refractivity contribution in [2.75, 3.05) is 13.2 Å². The van der Waals surface area contributed by atoms with Gasteiger partial charge in [0, 0.05) is 4.48 Å². The maximum Gasteiger partial charge on any atom is 0.315 e. The minimum Gasteiger partial charge on any atom is -0.394 e.